The molecule has 0 saturated heterocycles. The number of carbonyl (C=O) groups excluding carboxylic acids is 2. The molecule has 0 bridgehead atoms. The first kappa shape index (κ1) is 16.1. The number of fused-ring (bicyclic) bond motifs is 1. The van der Waals surface area contributed by atoms with Crippen molar-refractivity contribution >= 4 is 17.5 Å². The summed E-state index contributed by atoms with van der Waals surface area (Å²) in [5, 5.41) is 0. The van der Waals surface area contributed by atoms with Crippen LogP contribution in [0.25, 0.3) is 0 Å². The van der Waals surface area contributed by atoms with Crippen molar-refractivity contribution in [2.24, 2.45) is 0 Å². The maximum atomic E-state index is 13.0. The summed E-state index contributed by atoms with van der Waals surface area (Å²) in [7, 11) is 3.12. The molecule has 0 unspecified atom stereocenters. The van der Waals surface area contributed by atoms with Crippen molar-refractivity contribution in [3.63, 3.8) is 0 Å². The predicted octanol–water partition coefficient (Wildman–Crippen LogP) is 3.17. The second-order valence-electron chi connectivity index (χ2n) is 6.18. The Morgan fingerprint density at radius 1 is 0.875 bits per heavy atom. The molecule has 0 atom stereocenters. The third kappa shape index (κ3) is 2.33. The van der Waals surface area contributed by atoms with Gasteiger partial charge in [0.05, 0.1) is 25.3 Å². The molecule has 0 saturated carbocycles. The third-order valence-corrected chi connectivity index (χ3v) is 4.40. The number of imide groups is 1. The van der Waals surface area contributed by atoms with Crippen molar-refractivity contribution in [1.29, 1.82) is 0 Å². The molecule has 5 heteroatoms. The zero-order valence-corrected chi connectivity index (χ0v) is 14.1. The fourth-order valence-electron chi connectivity index (χ4n) is 2.95. The van der Waals surface area contributed by atoms with Crippen LogP contribution in [-0.2, 0) is 10.2 Å². The molecule has 5 nitrogen and oxygen atoms in total. The Labute approximate surface area is 140 Å². The number of nitrogens with zero attached hydrogens (tertiary/aromatic N) is 1. The monoisotopic (exact) mass is 325 g/mol. The Hall–Kier alpha value is -2.82. The molecule has 0 fully saturated rings. The van der Waals surface area contributed by atoms with Crippen molar-refractivity contribution in [3.05, 3.63) is 53.6 Å². The summed E-state index contributed by atoms with van der Waals surface area (Å²) >= 11 is 0. The van der Waals surface area contributed by atoms with Gasteiger partial charge in [0.25, 0.3) is 5.91 Å². The van der Waals surface area contributed by atoms with Crippen molar-refractivity contribution in [2.75, 3.05) is 19.1 Å². The molecule has 24 heavy (non-hydrogen) atoms. The van der Waals surface area contributed by atoms with Crippen LogP contribution in [0.3, 0.4) is 0 Å². The maximum Gasteiger partial charge on any atom is 0.265 e. The van der Waals surface area contributed by atoms with Crippen LogP contribution in [0.2, 0.25) is 0 Å². The number of methoxy groups -OCH3 is 2. The molecular formula is C19H19NO4. The average molecular weight is 325 g/mol. The van der Waals surface area contributed by atoms with Crippen LogP contribution in [0.5, 0.6) is 11.5 Å². The summed E-state index contributed by atoms with van der Waals surface area (Å²) in [6.07, 6.45) is 0. The lowest BCUT2D eigenvalue weighted by Crippen LogP contribution is -2.52. The number of anilines is 1. The highest BCUT2D eigenvalue weighted by Gasteiger charge is 2.45. The smallest absolute Gasteiger partial charge is 0.265 e. The van der Waals surface area contributed by atoms with Gasteiger partial charge in [0, 0.05) is 5.56 Å². The highest BCUT2D eigenvalue weighted by molar-refractivity contribution is 6.27. The molecule has 0 aromatic heterocycles. The quantitative estimate of drug-likeness (QED) is 0.813. The van der Waals surface area contributed by atoms with Crippen LogP contribution in [-0.4, -0.2) is 26.0 Å². The zero-order valence-electron chi connectivity index (χ0n) is 14.1. The van der Waals surface area contributed by atoms with E-state index >= 15 is 0 Å². The first-order valence-electron chi connectivity index (χ1n) is 7.61. The van der Waals surface area contributed by atoms with Crippen LogP contribution in [0, 0.1) is 0 Å². The number of hydrogen-bond donors (Lipinski definition) is 0. The first-order valence-corrected chi connectivity index (χ1v) is 7.61. The van der Waals surface area contributed by atoms with Crippen LogP contribution < -0.4 is 14.4 Å². The average Bonchev–Trinajstić information content (AvgIpc) is 2.60. The Morgan fingerprint density at radius 2 is 1.46 bits per heavy atom. The van der Waals surface area contributed by atoms with Gasteiger partial charge in [0.15, 0.2) is 0 Å². The van der Waals surface area contributed by atoms with Gasteiger partial charge in [-0.15, -0.1) is 0 Å². The summed E-state index contributed by atoms with van der Waals surface area (Å²) in [5.74, 6) is 0.646. The first-order chi connectivity index (χ1) is 11.4. The van der Waals surface area contributed by atoms with Crippen LogP contribution >= 0.6 is 0 Å². The Bertz CT molecular complexity index is 809. The SMILES string of the molecule is COc1ccc(N2C(=O)c3cc(OC)ccc3C(C)(C)C2=O)cc1. The fraction of sp³-hybridized carbons (Fsp3) is 0.263. The van der Waals surface area contributed by atoms with Crippen molar-refractivity contribution in [3.8, 4) is 11.5 Å². The summed E-state index contributed by atoms with van der Waals surface area (Å²) in [5.41, 5.74) is 0.903. The second kappa shape index (κ2) is 5.67. The minimum Gasteiger partial charge on any atom is -0.497 e. The van der Waals surface area contributed by atoms with Gasteiger partial charge in [-0.1, -0.05) is 6.07 Å². The highest BCUT2D eigenvalue weighted by Crippen LogP contribution is 2.38. The molecule has 1 aliphatic heterocycles. The van der Waals surface area contributed by atoms with Crippen molar-refractivity contribution in [2.45, 2.75) is 19.3 Å². The largest absolute Gasteiger partial charge is 0.497 e. The van der Waals surface area contributed by atoms with Crippen molar-refractivity contribution in [1.82, 2.24) is 0 Å². The van der Waals surface area contributed by atoms with Crippen molar-refractivity contribution < 1.29 is 19.1 Å². The van der Waals surface area contributed by atoms with E-state index < -0.39 is 5.41 Å². The number of rotatable bonds is 3. The minimum atomic E-state index is -0.810. The maximum absolute atomic E-state index is 13.0. The zero-order chi connectivity index (χ0) is 17.5. The van der Waals surface area contributed by atoms with E-state index in [1.165, 1.54) is 4.90 Å². The molecule has 124 valence electrons. The van der Waals surface area contributed by atoms with E-state index in [4.69, 9.17) is 9.47 Å². The summed E-state index contributed by atoms with van der Waals surface area (Å²) in [6, 6.07) is 12.1. The van der Waals surface area contributed by atoms with Crippen LogP contribution in [0.15, 0.2) is 42.5 Å². The van der Waals surface area contributed by atoms with E-state index in [1.807, 2.05) is 13.8 Å². The van der Waals surface area contributed by atoms with E-state index in [0.29, 0.717) is 28.3 Å². The van der Waals surface area contributed by atoms with Gasteiger partial charge >= 0.3 is 0 Å². The van der Waals surface area contributed by atoms with E-state index in [2.05, 4.69) is 0 Å². The number of hydrogen-bond acceptors (Lipinski definition) is 4. The predicted molar refractivity (Wildman–Crippen MR) is 90.8 cm³/mol. The third-order valence-electron chi connectivity index (χ3n) is 4.40. The summed E-state index contributed by atoms with van der Waals surface area (Å²) in [4.78, 5) is 27.2. The lowest BCUT2D eigenvalue weighted by molar-refractivity contribution is -0.122. The van der Waals surface area contributed by atoms with Gasteiger partial charge in [0.2, 0.25) is 5.91 Å². The van der Waals surface area contributed by atoms with Gasteiger partial charge in [-0.2, -0.15) is 0 Å². The summed E-state index contributed by atoms with van der Waals surface area (Å²) < 4.78 is 10.4. The molecular weight excluding hydrogens is 306 g/mol. The van der Waals surface area contributed by atoms with Gasteiger partial charge < -0.3 is 9.47 Å². The van der Waals surface area contributed by atoms with Crippen LogP contribution in [0.1, 0.15) is 29.8 Å². The Kier molecular flexibility index (Phi) is 3.79. The highest BCUT2D eigenvalue weighted by atomic mass is 16.5. The Balaban J connectivity index is 2.14. The number of amides is 2. The van der Waals surface area contributed by atoms with Gasteiger partial charge in [-0.05, 0) is 55.8 Å². The number of carbonyl (C=O) groups is 2. The summed E-state index contributed by atoms with van der Waals surface area (Å²) in [6.45, 7) is 3.65. The lowest BCUT2D eigenvalue weighted by atomic mass is 9.77. The molecule has 0 aliphatic carbocycles. The molecule has 0 spiro atoms. The molecule has 2 aromatic rings. The standard InChI is InChI=1S/C19H19NO4/c1-19(2)16-10-9-14(24-4)11-15(16)17(21)20(18(19)22)12-5-7-13(23-3)8-6-12/h5-11H,1-4H3. The number of benzene rings is 2. The molecule has 1 heterocycles. The molecule has 2 amide bonds. The molecule has 0 radical (unpaired) electrons. The van der Waals surface area contributed by atoms with Gasteiger partial charge in [-0.25, -0.2) is 4.90 Å². The molecule has 2 aromatic carbocycles. The van der Waals surface area contributed by atoms with Crippen LogP contribution in [0.4, 0.5) is 5.69 Å². The molecule has 3 rings (SSSR count). The topological polar surface area (TPSA) is 55.8 Å². The van der Waals surface area contributed by atoms with Gasteiger partial charge in [-0.3, -0.25) is 9.59 Å². The van der Waals surface area contributed by atoms with Gasteiger partial charge in [0.1, 0.15) is 11.5 Å². The fourth-order valence-corrected chi connectivity index (χ4v) is 2.95. The van der Waals surface area contributed by atoms with E-state index in [1.54, 1.807) is 56.7 Å². The van der Waals surface area contributed by atoms with E-state index in [9.17, 15) is 9.59 Å². The molecule has 1 aliphatic rings. The minimum absolute atomic E-state index is 0.254. The normalized spacial score (nSPS) is 15.9. The Morgan fingerprint density at radius 3 is 2.04 bits per heavy atom. The lowest BCUT2D eigenvalue weighted by Gasteiger charge is -2.37. The van der Waals surface area contributed by atoms with E-state index in [-0.39, 0.29) is 11.8 Å². The molecule has 0 N–H and O–H groups in total. The van der Waals surface area contributed by atoms with E-state index in [0.717, 1.165) is 0 Å². The second-order valence-corrected chi connectivity index (χ2v) is 6.18. The number of ether oxygens (including phenoxy) is 2.